The summed E-state index contributed by atoms with van der Waals surface area (Å²) in [5.41, 5.74) is 12.5. The quantitative estimate of drug-likeness (QED) is 0.310. The van der Waals surface area contributed by atoms with Gasteiger partial charge in [-0.15, -0.1) is 0 Å². The van der Waals surface area contributed by atoms with E-state index in [2.05, 4.69) is 9.71 Å². The number of piperidine rings is 1. The zero-order chi connectivity index (χ0) is 27.6. The molecule has 0 spiro atoms. The first-order chi connectivity index (χ1) is 18.7. The lowest BCUT2D eigenvalue weighted by Crippen LogP contribution is -2.55. The third-order valence-corrected chi connectivity index (χ3v) is 8.76. The molecule has 1 fully saturated rings. The summed E-state index contributed by atoms with van der Waals surface area (Å²) in [6.45, 7) is 1.11. The van der Waals surface area contributed by atoms with Crippen molar-refractivity contribution in [1.29, 1.82) is 0 Å². The average Bonchev–Trinajstić information content (AvgIpc) is 2.94. The first kappa shape index (κ1) is 26.6. The van der Waals surface area contributed by atoms with Crippen LogP contribution in [0.2, 0.25) is 0 Å². The number of fused-ring (bicyclic) bond motifs is 2. The maximum Gasteiger partial charge on any atom is 0.241 e. The summed E-state index contributed by atoms with van der Waals surface area (Å²) >= 11 is 0. The molecular weight excluding hydrogens is 514 g/mol. The van der Waals surface area contributed by atoms with E-state index in [4.69, 9.17) is 11.5 Å². The van der Waals surface area contributed by atoms with Crippen molar-refractivity contribution >= 4 is 49.2 Å². The highest BCUT2D eigenvalue weighted by molar-refractivity contribution is 7.89. The van der Waals surface area contributed by atoms with Gasteiger partial charge in [0.05, 0.1) is 10.8 Å². The first-order valence-electron chi connectivity index (χ1n) is 13.0. The molecule has 1 aromatic heterocycles. The van der Waals surface area contributed by atoms with Crippen molar-refractivity contribution in [3.63, 3.8) is 0 Å². The van der Waals surface area contributed by atoms with Gasteiger partial charge in [0.15, 0.2) is 0 Å². The predicted octanol–water partition coefficient (Wildman–Crippen LogP) is 2.97. The van der Waals surface area contributed by atoms with Gasteiger partial charge in [-0.2, -0.15) is 4.72 Å². The fraction of sp³-hybridized carbons (Fsp3) is 0.276. The summed E-state index contributed by atoms with van der Waals surface area (Å²) in [6, 6.07) is 18.0. The molecule has 9 nitrogen and oxygen atoms in total. The molecule has 2 amide bonds. The van der Waals surface area contributed by atoms with Gasteiger partial charge in [-0.25, -0.2) is 13.4 Å². The minimum Gasteiger partial charge on any atom is -0.383 e. The molecule has 10 heteroatoms. The lowest BCUT2D eigenvalue weighted by atomic mass is 9.89. The maximum atomic E-state index is 13.8. The van der Waals surface area contributed by atoms with Crippen molar-refractivity contribution < 1.29 is 18.0 Å². The predicted molar refractivity (Wildman–Crippen MR) is 151 cm³/mol. The van der Waals surface area contributed by atoms with Gasteiger partial charge in [0.25, 0.3) is 0 Å². The second kappa shape index (κ2) is 11.0. The Labute approximate surface area is 227 Å². The van der Waals surface area contributed by atoms with Gasteiger partial charge in [0.2, 0.25) is 21.8 Å². The highest BCUT2D eigenvalue weighted by atomic mass is 32.2. The summed E-state index contributed by atoms with van der Waals surface area (Å²) in [6.07, 6.45) is 4.43. The lowest BCUT2D eigenvalue weighted by Gasteiger charge is -2.33. The normalized spacial score (nSPS) is 15.7. The van der Waals surface area contributed by atoms with Crippen molar-refractivity contribution in [2.75, 3.05) is 18.8 Å². The lowest BCUT2D eigenvalue weighted by molar-refractivity contribution is -0.139. The number of nitrogens with one attached hydrogen (secondary N) is 1. The van der Waals surface area contributed by atoms with Gasteiger partial charge in [-0.3, -0.25) is 9.59 Å². The number of likely N-dealkylation sites (tertiary alicyclic amines) is 1. The minimum absolute atomic E-state index is 0.00898. The van der Waals surface area contributed by atoms with Gasteiger partial charge >= 0.3 is 0 Å². The molecule has 0 radical (unpaired) electrons. The van der Waals surface area contributed by atoms with Crippen LogP contribution in [0.3, 0.4) is 0 Å². The third-order valence-electron chi connectivity index (χ3n) is 7.32. The number of nitrogen functional groups attached to an aromatic ring is 1. The molecule has 5 N–H and O–H groups in total. The van der Waals surface area contributed by atoms with Crippen LogP contribution in [0.25, 0.3) is 21.5 Å². The summed E-state index contributed by atoms with van der Waals surface area (Å²) in [5, 5.41) is 3.22. The number of rotatable bonds is 8. The third kappa shape index (κ3) is 5.71. The number of carbonyl (C=O) groups is 2. The van der Waals surface area contributed by atoms with E-state index in [9.17, 15) is 18.0 Å². The van der Waals surface area contributed by atoms with Crippen molar-refractivity contribution in [1.82, 2.24) is 14.6 Å². The van der Waals surface area contributed by atoms with Gasteiger partial charge in [0, 0.05) is 24.7 Å². The Morgan fingerprint density at radius 3 is 2.41 bits per heavy atom. The van der Waals surface area contributed by atoms with Crippen molar-refractivity contribution in [2.45, 2.75) is 36.6 Å². The Kier molecular flexibility index (Phi) is 7.49. The highest BCUT2D eigenvalue weighted by Crippen LogP contribution is 2.26. The summed E-state index contributed by atoms with van der Waals surface area (Å²) < 4.78 is 29.5. The molecule has 4 aromatic rings. The maximum absolute atomic E-state index is 13.8. The van der Waals surface area contributed by atoms with Crippen LogP contribution in [0.1, 0.15) is 24.8 Å². The molecule has 3 aromatic carbocycles. The number of amides is 2. The number of aromatic nitrogens is 1. The molecule has 0 saturated carbocycles. The highest BCUT2D eigenvalue weighted by Gasteiger charge is 2.38. The van der Waals surface area contributed by atoms with Crippen LogP contribution in [0.15, 0.2) is 77.8 Å². The van der Waals surface area contributed by atoms with E-state index >= 15 is 0 Å². The number of benzene rings is 3. The van der Waals surface area contributed by atoms with Crippen LogP contribution in [0, 0.1) is 5.92 Å². The number of sulfonamides is 1. The van der Waals surface area contributed by atoms with E-state index in [0.717, 1.165) is 46.4 Å². The van der Waals surface area contributed by atoms with Gasteiger partial charge in [-0.05, 0) is 65.6 Å². The van der Waals surface area contributed by atoms with Crippen LogP contribution in [-0.4, -0.2) is 49.2 Å². The van der Waals surface area contributed by atoms with Crippen molar-refractivity contribution in [3.8, 4) is 0 Å². The fourth-order valence-corrected chi connectivity index (χ4v) is 6.52. The first-order valence-corrected chi connectivity index (χ1v) is 14.4. The Bertz CT molecular complexity index is 1650. The molecule has 202 valence electrons. The zero-order valence-corrected chi connectivity index (χ0v) is 22.2. The topological polar surface area (TPSA) is 148 Å². The Balaban J connectivity index is 1.50. The standard InChI is InChI=1S/C29H31N5O4S/c30-27-24-11-8-19(16-22(24)12-13-32-27)17-25(29(36)34-14-4-1-5-15-34)26(28(31)35)33-39(37,38)23-10-9-20-6-2-3-7-21(20)18-23/h2-3,6-13,16,18,25-26,33H,1,4-5,14-15,17H2,(H2,30,32)(H2,31,35). The molecule has 0 aliphatic carbocycles. The van der Waals surface area contributed by atoms with E-state index in [-0.39, 0.29) is 17.2 Å². The van der Waals surface area contributed by atoms with Gasteiger partial charge in [-0.1, -0.05) is 48.5 Å². The summed E-state index contributed by atoms with van der Waals surface area (Å²) in [7, 11) is -4.18. The number of primary amides is 1. The number of nitrogens with two attached hydrogens (primary N) is 2. The number of hydrogen-bond acceptors (Lipinski definition) is 6. The molecule has 0 bridgehead atoms. The van der Waals surface area contributed by atoms with Crippen molar-refractivity contribution in [2.24, 2.45) is 11.7 Å². The van der Waals surface area contributed by atoms with Crippen LogP contribution in [0.5, 0.6) is 0 Å². The molecule has 5 rings (SSSR count). The number of pyridine rings is 1. The zero-order valence-electron chi connectivity index (χ0n) is 21.4. The monoisotopic (exact) mass is 545 g/mol. The Morgan fingerprint density at radius 1 is 0.923 bits per heavy atom. The molecule has 1 saturated heterocycles. The molecular formula is C29H31N5O4S. The Hall–Kier alpha value is -4.02. The van der Waals surface area contributed by atoms with Gasteiger partial charge < -0.3 is 16.4 Å². The second-order valence-corrected chi connectivity index (χ2v) is 11.7. The van der Waals surface area contributed by atoms with Crippen LogP contribution < -0.4 is 16.2 Å². The van der Waals surface area contributed by atoms with Crippen molar-refractivity contribution in [3.05, 3.63) is 78.5 Å². The van der Waals surface area contributed by atoms with E-state index in [1.54, 1.807) is 23.2 Å². The van der Waals surface area contributed by atoms with E-state index < -0.39 is 27.9 Å². The number of carbonyl (C=O) groups excluding carboxylic acids is 2. The molecule has 1 aliphatic rings. The molecule has 2 atom stereocenters. The molecule has 2 heterocycles. The van der Waals surface area contributed by atoms with E-state index in [0.29, 0.717) is 18.9 Å². The average molecular weight is 546 g/mol. The Morgan fingerprint density at radius 2 is 1.67 bits per heavy atom. The van der Waals surface area contributed by atoms with E-state index in [1.165, 1.54) is 6.07 Å². The summed E-state index contributed by atoms with van der Waals surface area (Å²) in [4.78, 5) is 32.4. The summed E-state index contributed by atoms with van der Waals surface area (Å²) in [5.74, 6) is -1.86. The molecule has 1 aliphatic heterocycles. The number of hydrogen-bond donors (Lipinski definition) is 3. The van der Waals surface area contributed by atoms with E-state index in [1.807, 2.05) is 48.5 Å². The largest absolute Gasteiger partial charge is 0.383 e. The van der Waals surface area contributed by atoms with Crippen LogP contribution in [-0.2, 0) is 26.0 Å². The molecule has 39 heavy (non-hydrogen) atoms. The van der Waals surface area contributed by atoms with Gasteiger partial charge in [0.1, 0.15) is 11.9 Å². The number of anilines is 1. The minimum atomic E-state index is -4.18. The second-order valence-electron chi connectivity index (χ2n) is 9.96. The van der Waals surface area contributed by atoms with Crippen LogP contribution >= 0.6 is 0 Å². The fourth-order valence-electron chi connectivity index (χ4n) is 5.24. The smallest absolute Gasteiger partial charge is 0.241 e. The molecule has 2 unspecified atom stereocenters. The SMILES string of the molecule is NC(=O)C(NS(=O)(=O)c1ccc2ccccc2c1)C(Cc1ccc2c(N)nccc2c1)C(=O)N1CCCCC1. The number of nitrogens with zero attached hydrogens (tertiary/aromatic N) is 2. The van der Waals surface area contributed by atoms with Crippen LogP contribution in [0.4, 0.5) is 5.82 Å².